The molecule has 4 nitrogen and oxygen atoms in total. The summed E-state index contributed by atoms with van der Waals surface area (Å²) < 4.78 is 31.3. The van der Waals surface area contributed by atoms with E-state index in [1.807, 2.05) is 0 Å². The van der Waals surface area contributed by atoms with Crippen molar-refractivity contribution in [3.05, 3.63) is 28.7 Å². The van der Waals surface area contributed by atoms with Crippen LogP contribution in [0.1, 0.15) is 0 Å². The first kappa shape index (κ1) is 12.0. The molecule has 1 aliphatic heterocycles. The molecule has 0 aromatic heterocycles. The third kappa shape index (κ3) is 2.63. The van der Waals surface area contributed by atoms with E-state index in [-0.39, 0.29) is 6.10 Å². The van der Waals surface area contributed by atoms with E-state index >= 15 is 0 Å². The monoisotopic (exact) mass is 305 g/mol. The molecule has 88 valence electrons. The number of halogens is 1. The molecule has 0 N–H and O–H groups in total. The van der Waals surface area contributed by atoms with Crippen LogP contribution in [0.15, 0.2) is 33.6 Å². The van der Waals surface area contributed by atoms with Gasteiger partial charge in [-0.05, 0) is 24.3 Å². The zero-order valence-electron chi connectivity index (χ0n) is 8.76. The molecule has 1 unspecified atom stereocenters. The summed E-state index contributed by atoms with van der Waals surface area (Å²) in [5, 5.41) is 0. The van der Waals surface area contributed by atoms with Crippen LogP contribution in [-0.4, -0.2) is 39.0 Å². The highest BCUT2D eigenvalue weighted by atomic mass is 79.9. The molecule has 0 aliphatic carbocycles. The number of ether oxygens (including phenoxy) is 1. The van der Waals surface area contributed by atoms with Gasteiger partial charge in [-0.3, -0.25) is 0 Å². The number of hydrogen-bond donors (Lipinski definition) is 0. The molecule has 1 aromatic rings. The Morgan fingerprint density at radius 2 is 2.00 bits per heavy atom. The predicted molar refractivity (Wildman–Crippen MR) is 63.7 cm³/mol. The highest BCUT2D eigenvalue weighted by molar-refractivity contribution is 9.10. The maximum Gasteiger partial charge on any atom is 0.242 e. The van der Waals surface area contributed by atoms with E-state index in [2.05, 4.69) is 15.9 Å². The van der Waals surface area contributed by atoms with Crippen LogP contribution in [0.5, 0.6) is 0 Å². The van der Waals surface area contributed by atoms with Crippen molar-refractivity contribution in [1.29, 1.82) is 0 Å². The van der Waals surface area contributed by atoms with E-state index in [4.69, 9.17) is 4.74 Å². The van der Waals surface area contributed by atoms with Crippen molar-refractivity contribution in [1.82, 2.24) is 4.31 Å². The van der Waals surface area contributed by atoms with Gasteiger partial charge in [0.15, 0.2) is 0 Å². The smallest absolute Gasteiger partial charge is 0.242 e. The molecule has 2 rings (SSSR count). The predicted octanol–water partition coefficient (Wildman–Crippen LogP) is 1.47. The molecule has 0 bridgehead atoms. The Bertz CT molecular complexity index is 467. The molecular weight excluding hydrogens is 294 g/mol. The summed E-state index contributed by atoms with van der Waals surface area (Å²) in [7, 11) is -1.81. The summed E-state index contributed by atoms with van der Waals surface area (Å²) in [6.45, 7) is 1.07. The summed E-state index contributed by atoms with van der Waals surface area (Å²) in [5.74, 6) is 0. The average Bonchev–Trinajstić information content (AvgIpc) is 3.02. The largest absolute Gasteiger partial charge is 0.372 e. The van der Waals surface area contributed by atoms with Gasteiger partial charge >= 0.3 is 0 Å². The Balaban J connectivity index is 2.19. The van der Waals surface area contributed by atoms with Crippen LogP contribution in [0.3, 0.4) is 0 Å². The Kier molecular flexibility index (Phi) is 3.34. The van der Waals surface area contributed by atoms with Gasteiger partial charge in [-0.15, -0.1) is 0 Å². The van der Waals surface area contributed by atoms with Gasteiger partial charge in [0.05, 0.1) is 17.6 Å². The van der Waals surface area contributed by atoms with Gasteiger partial charge < -0.3 is 4.74 Å². The quantitative estimate of drug-likeness (QED) is 0.792. The second-order valence-corrected chi connectivity index (χ2v) is 6.66. The third-order valence-electron chi connectivity index (χ3n) is 2.38. The normalized spacial score (nSPS) is 20.1. The molecule has 1 heterocycles. The average molecular weight is 306 g/mol. The van der Waals surface area contributed by atoms with Crippen LogP contribution >= 0.6 is 15.9 Å². The van der Waals surface area contributed by atoms with Gasteiger partial charge in [-0.1, -0.05) is 15.9 Å². The zero-order valence-corrected chi connectivity index (χ0v) is 11.2. The summed E-state index contributed by atoms with van der Waals surface area (Å²) in [6.07, 6.45) is 0.0650. The first-order valence-electron chi connectivity index (χ1n) is 4.83. The standard InChI is InChI=1S/C10H12BrNO3S/c1-12(6-9-7-15-9)16(13,14)10-4-2-8(11)3-5-10/h2-5,9H,6-7H2,1H3. The number of rotatable bonds is 4. The van der Waals surface area contributed by atoms with E-state index in [0.717, 1.165) is 4.47 Å². The minimum Gasteiger partial charge on any atom is -0.372 e. The number of nitrogens with zero attached hydrogens (tertiary/aromatic N) is 1. The first-order valence-corrected chi connectivity index (χ1v) is 7.07. The van der Waals surface area contributed by atoms with Gasteiger partial charge in [0.2, 0.25) is 10.0 Å². The van der Waals surface area contributed by atoms with Gasteiger partial charge in [-0.25, -0.2) is 8.42 Å². The highest BCUT2D eigenvalue weighted by Gasteiger charge is 2.29. The van der Waals surface area contributed by atoms with Crippen molar-refractivity contribution in [2.45, 2.75) is 11.0 Å². The minimum absolute atomic E-state index is 0.0650. The number of sulfonamides is 1. The molecule has 6 heteroatoms. The second-order valence-electron chi connectivity index (χ2n) is 3.69. The SMILES string of the molecule is CN(CC1CO1)S(=O)(=O)c1ccc(Br)cc1. The van der Waals surface area contributed by atoms with Crippen molar-refractivity contribution in [3.8, 4) is 0 Å². The van der Waals surface area contributed by atoms with Gasteiger partial charge in [0.1, 0.15) is 0 Å². The molecule has 1 fully saturated rings. The number of likely N-dealkylation sites (N-methyl/N-ethyl adjacent to an activating group) is 1. The first-order chi connectivity index (χ1) is 7.50. The zero-order chi connectivity index (χ0) is 11.8. The van der Waals surface area contributed by atoms with Crippen molar-refractivity contribution < 1.29 is 13.2 Å². The van der Waals surface area contributed by atoms with Crippen molar-refractivity contribution >= 4 is 26.0 Å². The van der Waals surface area contributed by atoms with E-state index in [1.54, 1.807) is 31.3 Å². The summed E-state index contributed by atoms with van der Waals surface area (Å²) in [6, 6.07) is 6.61. The Morgan fingerprint density at radius 3 is 2.50 bits per heavy atom. The lowest BCUT2D eigenvalue weighted by Gasteiger charge is -2.15. The molecule has 0 saturated carbocycles. The van der Waals surface area contributed by atoms with E-state index < -0.39 is 10.0 Å². The molecule has 1 saturated heterocycles. The van der Waals surface area contributed by atoms with Gasteiger partial charge in [-0.2, -0.15) is 4.31 Å². The molecule has 1 aromatic carbocycles. The van der Waals surface area contributed by atoms with Crippen LogP contribution < -0.4 is 0 Å². The summed E-state index contributed by atoms with van der Waals surface area (Å²) >= 11 is 3.27. The molecule has 1 atom stereocenters. The van der Waals surface area contributed by atoms with Crippen LogP contribution in [0.25, 0.3) is 0 Å². The van der Waals surface area contributed by atoms with E-state index in [0.29, 0.717) is 18.0 Å². The van der Waals surface area contributed by atoms with Crippen LogP contribution in [-0.2, 0) is 14.8 Å². The lowest BCUT2D eigenvalue weighted by atomic mass is 10.4. The van der Waals surface area contributed by atoms with Crippen LogP contribution in [0, 0.1) is 0 Å². The third-order valence-corrected chi connectivity index (χ3v) is 4.75. The summed E-state index contributed by atoms with van der Waals surface area (Å²) in [5.41, 5.74) is 0. The maximum atomic E-state index is 12.1. The Morgan fingerprint density at radius 1 is 1.44 bits per heavy atom. The fourth-order valence-corrected chi connectivity index (χ4v) is 2.81. The van der Waals surface area contributed by atoms with Crippen molar-refractivity contribution in [3.63, 3.8) is 0 Å². The van der Waals surface area contributed by atoms with Gasteiger partial charge in [0.25, 0.3) is 0 Å². The van der Waals surface area contributed by atoms with Crippen LogP contribution in [0.4, 0.5) is 0 Å². The highest BCUT2D eigenvalue weighted by Crippen LogP contribution is 2.20. The topological polar surface area (TPSA) is 49.9 Å². The molecule has 0 amide bonds. The van der Waals surface area contributed by atoms with E-state index in [9.17, 15) is 8.42 Å². The lowest BCUT2D eigenvalue weighted by molar-refractivity contribution is 0.359. The lowest BCUT2D eigenvalue weighted by Crippen LogP contribution is -2.30. The number of benzene rings is 1. The second kappa shape index (κ2) is 4.44. The molecule has 16 heavy (non-hydrogen) atoms. The Labute approximate surface area is 103 Å². The number of epoxide rings is 1. The summed E-state index contributed by atoms with van der Waals surface area (Å²) in [4.78, 5) is 0.304. The van der Waals surface area contributed by atoms with E-state index in [1.165, 1.54) is 4.31 Å². The fourth-order valence-electron chi connectivity index (χ4n) is 1.34. The Hall–Kier alpha value is -0.430. The van der Waals surface area contributed by atoms with Crippen molar-refractivity contribution in [2.24, 2.45) is 0 Å². The van der Waals surface area contributed by atoms with Gasteiger partial charge in [0, 0.05) is 18.1 Å². The molecule has 0 radical (unpaired) electrons. The molecule has 0 spiro atoms. The number of hydrogen-bond acceptors (Lipinski definition) is 3. The fraction of sp³-hybridized carbons (Fsp3) is 0.400. The molecular formula is C10H12BrNO3S. The minimum atomic E-state index is -3.38. The van der Waals surface area contributed by atoms with Crippen molar-refractivity contribution in [2.75, 3.05) is 20.2 Å². The van der Waals surface area contributed by atoms with Crippen LogP contribution in [0.2, 0.25) is 0 Å². The molecule has 1 aliphatic rings. The maximum absolute atomic E-state index is 12.1.